The maximum Gasteiger partial charge on any atom is 0.146 e. The van der Waals surface area contributed by atoms with E-state index in [1.807, 2.05) is 6.08 Å². The molecule has 0 saturated carbocycles. The van der Waals surface area contributed by atoms with Crippen LogP contribution >= 0.6 is 0 Å². The number of carbonyl (C=O) groups is 2. The fraction of sp³-hybridized carbons (Fsp3) is 0.600. The maximum atomic E-state index is 11.7. The summed E-state index contributed by atoms with van der Waals surface area (Å²) in [5.74, 6) is 0.430. The predicted molar refractivity (Wildman–Crippen MR) is 92.6 cm³/mol. The van der Waals surface area contributed by atoms with Crippen LogP contribution in [0.1, 0.15) is 59.8 Å². The molecule has 0 saturated heterocycles. The second-order valence-electron chi connectivity index (χ2n) is 6.81. The Morgan fingerprint density at radius 1 is 1.32 bits per heavy atom. The quantitative estimate of drug-likeness (QED) is 0.508. The van der Waals surface area contributed by atoms with Gasteiger partial charge in [-0.2, -0.15) is 0 Å². The Balaban J connectivity index is 2.93. The van der Waals surface area contributed by atoms with Gasteiger partial charge in [0.25, 0.3) is 0 Å². The first-order valence-electron chi connectivity index (χ1n) is 8.39. The van der Waals surface area contributed by atoms with Crippen LogP contribution in [0.5, 0.6) is 0 Å². The van der Waals surface area contributed by atoms with Gasteiger partial charge in [-0.1, -0.05) is 36.3 Å². The van der Waals surface area contributed by atoms with Gasteiger partial charge in [-0.05, 0) is 70.3 Å². The van der Waals surface area contributed by atoms with Crippen LogP contribution in [-0.2, 0) is 9.59 Å². The lowest BCUT2D eigenvalue weighted by molar-refractivity contribution is -0.114. The molecule has 0 amide bonds. The van der Waals surface area contributed by atoms with Crippen molar-refractivity contribution >= 4 is 12.6 Å². The molecule has 0 aromatic carbocycles. The molecule has 0 aliphatic heterocycles. The third-order valence-electron chi connectivity index (χ3n) is 4.73. The molecule has 2 heteroatoms. The van der Waals surface area contributed by atoms with E-state index >= 15 is 0 Å². The summed E-state index contributed by atoms with van der Waals surface area (Å²) in [4.78, 5) is 23.1. The Morgan fingerprint density at radius 2 is 2.05 bits per heavy atom. The van der Waals surface area contributed by atoms with Crippen molar-refractivity contribution in [1.29, 1.82) is 0 Å². The third kappa shape index (κ3) is 5.75. The van der Waals surface area contributed by atoms with E-state index in [4.69, 9.17) is 0 Å². The van der Waals surface area contributed by atoms with Gasteiger partial charge in [0.1, 0.15) is 12.6 Å². The Hall–Kier alpha value is -1.44. The van der Waals surface area contributed by atoms with Crippen LogP contribution in [0.3, 0.4) is 0 Å². The first-order valence-corrected chi connectivity index (χ1v) is 8.39. The molecule has 1 rings (SSSR count). The van der Waals surface area contributed by atoms with Crippen molar-refractivity contribution < 1.29 is 9.59 Å². The lowest BCUT2D eigenvalue weighted by Gasteiger charge is -2.29. The molecule has 0 heterocycles. The van der Waals surface area contributed by atoms with Gasteiger partial charge in [0.2, 0.25) is 0 Å². The van der Waals surface area contributed by atoms with Crippen molar-refractivity contribution in [3.63, 3.8) is 0 Å². The van der Waals surface area contributed by atoms with E-state index in [9.17, 15) is 9.59 Å². The molecule has 2 nitrogen and oxygen atoms in total. The topological polar surface area (TPSA) is 34.1 Å². The third-order valence-corrected chi connectivity index (χ3v) is 4.73. The predicted octanol–water partition coefficient (Wildman–Crippen LogP) is 5.06. The second kappa shape index (κ2) is 9.55. The van der Waals surface area contributed by atoms with E-state index in [-0.39, 0.29) is 11.8 Å². The van der Waals surface area contributed by atoms with E-state index in [0.29, 0.717) is 11.5 Å². The van der Waals surface area contributed by atoms with Gasteiger partial charge in [-0.25, -0.2) is 0 Å². The summed E-state index contributed by atoms with van der Waals surface area (Å²) in [6.07, 6.45) is 13.1. The van der Waals surface area contributed by atoms with Crippen molar-refractivity contribution in [1.82, 2.24) is 0 Å². The molecule has 3 atom stereocenters. The maximum absolute atomic E-state index is 11.7. The fourth-order valence-corrected chi connectivity index (χ4v) is 3.25. The van der Waals surface area contributed by atoms with Crippen LogP contribution in [0.2, 0.25) is 0 Å². The van der Waals surface area contributed by atoms with Gasteiger partial charge in [-0.15, -0.1) is 0 Å². The smallest absolute Gasteiger partial charge is 0.146 e. The lowest BCUT2D eigenvalue weighted by Crippen LogP contribution is -2.25. The largest absolute Gasteiger partial charge is 0.303 e. The van der Waals surface area contributed by atoms with Crippen molar-refractivity contribution in [2.24, 2.45) is 17.8 Å². The normalized spacial score (nSPS) is 28.7. The van der Waals surface area contributed by atoms with Crippen molar-refractivity contribution in [3.8, 4) is 0 Å². The van der Waals surface area contributed by atoms with Crippen LogP contribution in [0.25, 0.3) is 0 Å². The number of allylic oxidation sites excluding steroid dienone is 6. The minimum Gasteiger partial charge on any atom is -0.303 e. The molecular weight excluding hydrogens is 272 g/mol. The molecule has 1 aliphatic rings. The first-order chi connectivity index (χ1) is 10.5. The average Bonchev–Trinajstić information content (AvgIpc) is 2.55. The van der Waals surface area contributed by atoms with Crippen LogP contribution in [0.4, 0.5) is 0 Å². The zero-order valence-corrected chi connectivity index (χ0v) is 14.5. The number of hydrogen-bond acceptors (Lipinski definition) is 2. The molecule has 0 aromatic heterocycles. The zero-order chi connectivity index (χ0) is 16.5. The van der Waals surface area contributed by atoms with E-state index in [1.165, 1.54) is 11.1 Å². The van der Waals surface area contributed by atoms with Gasteiger partial charge in [0, 0.05) is 5.92 Å². The highest BCUT2D eigenvalue weighted by molar-refractivity contribution is 5.81. The summed E-state index contributed by atoms with van der Waals surface area (Å²) in [7, 11) is 0. The minimum absolute atomic E-state index is 0.251. The highest BCUT2D eigenvalue weighted by Gasteiger charge is 2.29. The summed E-state index contributed by atoms with van der Waals surface area (Å²) in [6.45, 7) is 8.58. The van der Waals surface area contributed by atoms with E-state index in [0.717, 1.165) is 44.7 Å². The number of carbonyl (C=O) groups excluding carboxylic acids is 2. The molecule has 0 unspecified atom stereocenters. The molecule has 0 N–H and O–H groups in total. The van der Waals surface area contributed by atoms with E-state index in [2.05, 4.69) is 39.8 Å². The van der Waals surface area contributed by atoms with Crippen LogP contribution in [0, 0.1) is 17.8 Å². The number of rotatable bonds is 6. The first kappa shape index (κ1) is 18.6. The molecule has 122 valence electrons. The molecule has 0 bridgehead atoms. The summed E-state index contributed by atoms with van der Waals surface area (Å²) in [6, 6.07) is 0. The summed E-state index contributed by atoms with van der Waals surface area (Å²) >= 11 is 0. The Labute approximate surface area is 135 Å². The molecule has 1 aliphatic carbocycles. The van der Waals surface area contributed by atoms with Gasteiger partial charge in [0.15, 0.2) is 0 Å². The SMILES string of the molecule is CC(C)=CCC[C@@H](C)[C@H]1CC/C(C)=C/C/C=C(/C=O)[C@@H]1C=O. The lowest BCUT2D eigenvalue weighted by atomic mass is 9.75. The van der Waals surface area contributed by atoms with Gasteiger partial charge >= 0.3 is 0 Å². The summed E-state index contributed by atoms with van der Waals surface area (Å²) < 4.78 is 0. The van der Waals surface area contributed by atoms with Gasteiger partial charge < -0.3 is 4.79 Å². The Morgan fingerprint density at radius 3 is 2.64 bits per heavy atom. The van der Waals surface area contributed by atoms with E-state index < -0.39 is 0 Å². The number of aldehydes is 2. The molecular formula is C20H30O2. The van der Waals surface area contributed by atoms with Crippen LogP contribution in [0.15, 0.2) is 34.9 Å². The van der Waals surface area contributed by atoms with Crippen LogP contribution < -0.4 is 0 Å². The van der Waals surface area contributed by atoms with Gasteiger partial charge in [-0.3, -0.25) is 4.79 Å². The Kier molecular flexibility index (Phi) is 8.08. The molecule has 0 fully saturated rings. The zero-order valence-electron chi connectivity index (χ0n) is 14.5. The standard InChI is InChI=1S/C20H30O2/c1-15(2)7-5-9-17(4)19-12-11-16(3)8-6-10-18(13-21)20(19)14-22/h7-8,10,13-14,17,19-20H,5-6,9,11-12H2,1-4H3/b16-8+,18-10-/t17-,19-,20+/m1/s1. The Bertz CT molecular complexity index is 464. The van der Waals surface area contributed by atoms with E-state index in [1.54, 1.807) is 0 Å². The molecule has 0 aromatic rings. The second-order valence-corrected chi connectivity index (χ2v) is 6.81. The molecule has 0 radical (unpaired) electrons. The average molecular weight is 302 g/mol. The van der Waals surface area contributed by atoms with Crippen molar-refractivity contribution in [3.05, 3.63) is 34.9 Å². The summed E-state index contributed by atoms with van der Waals surface area (Å²) in [5, 5.41) is 0. The van der Waals surface area contributed by atoms with Crippen molar-refractivity contribution in [2.75, 3.05) is 0 Å². The van der Waals surface area contributed by atoms with Crippen LogP contribution in [-0.4, -0.2) is 12.6 Å². The van der Waals surface area contributed by atoms with Gasteiger partial charge in [0.05, 0.1) is 0 Å². The highest BCUT2D eigenvalue weighted by Crippen LogP contribution is 2.34. The molecule has 22 heavy (non-hydrogen) atoms. The summed E-state index contributed by atoms with van der Waals surface area (Å²) in [5.41, 5.74) is 3.36. The minimum atomic E-state index is -0.251. The highest BCUT2D eigenvalue weighted by atomic mass is 16.1. The monoisotopic (exact) mass is 302 g/mol. The fourth-order valence-electron chi connectivity index (χ4n) is 3.25. The number of hydrogen-bond donors (Lipinski definition) is 0. The molecule has 0 spiro atoms. The van der Waals surface area contributed by atoms with Crippen molar-refractivity contribution in [2.45, 2.75) is 59.8 Å².